The number of likely N-dealkylation sites (tertiary alicyclic amines) is 1. The minimum atomic E-state index is 0.110. The highest BCUT2D eigenvalue weighted by molar-refractivity contribution is 4.91. The number of aromatic nitrogens is 2. The largest absolute Gasteiger partial charge is 0.395 e. The van der Waals surface area contributed by atoms with E-state index in [0.29, 0.717) is 11.8 Å². The Hall–Kier alpha value is -0.980. The molecule has 1 atom stereocenters. The van der Waals surface area contributed by atoms with Crippen molar-refractivity contribution in [2.75, 3.05) is 32.8 Å². The van der Waals surface area contributed by atoms with Crippen molar-refractivity contribution in [3.63, 3.8) is 0 Å². The van der Waals surface area contributed by atoms with E-state index in [2.05, 4.69) is 34.2 Å². The molecule has 0 saturated carbocycles. The molecule has 1 fully saturated rings. The van der Waals surface area contributed by atoms with Gasteiger partial charge in [-0.3, -0.25) is 0 Å². The minimum Gasteiger partial charge on any atom is -0.395 e. The molecular weight excluding hydrogens is 268 g/mol. The summed E-state index contributed by atoms with van der Waals surface area (Å²) in [6, 6.07) is 0.110. The maximum absolute atomic E-state index is 8.95. The highest BCUT2D eigenvalue weighted by atomic mass is 16.5. The van der Waals surface area contributed by atoms with Crippen molar-refractivity contribution in [1.82, 2.24) is 20.4 Å². The molecule has 1 aromatic rings. The SMILES string of the molecule is CCCc1noc([C@H](C)NCC2CCN(CCO)CC2)n1. The second-order valence-electron chi connectivity index (χ2n) is 5.94. The number of aliphatic hydroxyl groups excluding tert-OH is 1. The first-order valence-electron chi connectivity index (χ1n) is 8.12. The van der Waals surface area contributed by atoms with Gasteiger partial charge in [-0.05, 0) is 51.7 Å². The monoisotopic (exact) mass is 296 g/mol. The summed E-state index contributed by atoms with van der Waals surface area (Å²) >= 11 is 0. The van der Waals surface area contributed by atoms with E-state index in [0.717, 1.165) is 44.8 Å². The van der Waals surface area contributed by atoms with Crippen molar-refractivity contribution >= 4 is 0 Å². The Kier molecular flexibility index (Phi) is 6.60. The third kappa shape index (κ3) is 5.05. The molecule has 2 N–H and O–H groups in total. The number of hydrogen-bond donors (Lipinski definition) is 2. The quantitative estimate of drug-likeness (QED) is 0.755. The molecule has 0 unspecified atom stereocenters. The van der Waals surface area contributed by atoms with Crippen LogP contribution in [0.5, 0.6) is 0 Å². The fourth-order valence-corrected chi connectivity index (χ4v) is 2.75. The van der Waals surface area contributed by atoms with Crippen LogP contribution in [0.2, 0.25) is 0 Å². The number of hydrogen-bond acceptors (Lipinski definition) is 6. The van der Waals surface area contributed by atoms with Crippen LogP contribution in [-0.2, 0) is 6.42 Å². The minimum absolute atomic E-state index is 0.110. The summed E-state index contributed by atoms with van der Waals surface area (Å²) in [7, 11) is 0. The standard InChI is InChI=1S/C15H28N4O2/c1-3-4-14-17-15(21-18-14)12(2)16-11-13-5-7-19(8-6-13)9-10-20/h12-13,16,20H,3-11H2,1-2H3/t12-/m0/s1. The van der Waals surface area contributed by atoms with E-state index in [1.54, 1.807) is 0 Å². The molecular formula is C15H28N4O2. The maximum Gasteiger partial charge on any atom is 0.243 e. The summed E-state index contributed by atoms with van der Waals surface area (Å²) in [5.74, 6) is 2.19. The third-order valence-electron chi connectivity index (χ3n) is 4.16. The second-order valence-corrected chi connectivity index (χ2v) is 5.94. The van der Waals surface area contributed by atoms with Crippen LogP contribution in [0.4, 0.5) is 0 Å². The lowest BCUT2D eigenvalue weighted by atomic mass is 9.96. The fraction of sp³-hybridized carbons (Fsp3) is 0.867. The molecule has 0 aliphatic carbocycles. The first kappa shape index (κ1) is 16.4. The van der Waals surface area contributed by atoms with Crippen molar-refractivity contribution in [1.29, 1.82) is 0 Å². The van der Waals surface area contributed by atoms with E-state index in [1.807, 2.05) is 0 Å². The Balaban J connectivity index is 1.70. The molecule has 0 bridgehead atoms. The molecule has 1 aliphatic rings. The van der Waals surface area contributed by atoms with Gasteiger partial charge in [0.05, 0.1) is 12.6 Å². The van der Waals surface area contributed by atoms with Crippen LogP contribution in [0.15, 0.2) is 4.52 Å². The first-order valence-corrected chi connectivity index (χ1v) is 8.12. The van der Waals surface area contributed by atoms with Crippen molar-refractivity contribution in [3.05, 3.63) is 11.7 Å². The number of nitrogens with zero attached hydrogens (tertiary/aromatic N) is 3. The fourth-order valence-electron chi connectivity index (χ4n) is 2.75. The molecule has 0 aromatic carbocycles. The molecule has 1 aliphatic heterocycles. The maximum atomic E-state index is 8.95. The van der Waals surface area contributed by atoms with Gasteiger partial charge in [0.25, 0.3) is 0 Å². The van der Waals surface area contributed by atoms with E-state index in [9.17, 15) is 0 Å². The molecule has 120 valence electrons. The summed E-state index contributed by atoms with van der Waals surface area (Å²) in [4.78, 5) is 6.75. The van der Waals surface area contributed by atoms with Gasteiger partial charge in [-0.2, -0.15) is 4.98 Å². The smallest absolute Gasteiger partial charge is 0.243 e. The van der Waals surface area contributed by atoms with Crippen molar-refractivity contribution in [3.8, 4) is 0 Å². The summed E-state index contributed by atoms with van der Waals surface area (Å²) in [6.45, 7) is 8.41. The molecule has 0 amide bonds. The van der Waals surface area contributed by atoms with Crippen LogP contribution in [-0.4, -0.2) is 52.9 Å². The number of aliphatic hydroxyl groups is 1. The molecule has 2 rings (SSSR count). The lowest BCUT2D eigenvalue weighted by molar-refractivity contribution is 0.145. The average Bonchev–Trinajstić information content (AvgIpc) is 2.96. The van der Waals surface area contributed by atoms with E-state index >= 15 is 0 Å². The zero-order valence-electron chi connectivity index (χ0n) is 13.2. The first-order chi connectivity index (χ1) is 10.2. The lowest BCUT2D eigenvalue weighted by Gasteiger charge is -2.31. The number of aryl methyl sites for hydroxylation is 1. The Labute approximate surface area is 126 Å². The summed E-state index contributed by atoms with van der Waals surface area (Å²) in [6.07, 6.45) is 4.28. The molecule has 0 spiro atoms. The Morgan fingerprint density at radius 1 is 1.43 bits per heavy atom. The van der Waals surface area contributed by atoms with E-state index in [4.69, 9.17) is 9.63 Å². The molecule has 1 aromatic heterocycles. The highest BCUT2D eigenvalue weighted by Crippen LogP contribution is 2.18. The van der Waals surface area contributed by atoms with Gasteiger partial charge in [0, 0.05) is 13.0 Å². The van der Waals surface area contributed by atoms with Crippen LogP contribution >= 0.6 is 0 Å². The number of piperidine rings is 1. The van der Waals surface area contributed by atoms with E-state index in [-0.39, 0.29) is 12.6 Å². The van der Waals surface area contributed by atoms with Crippen molar-refractivity contribution < 1.29 is 9.63 Å². The van der Waals surface area contributed by atoms with E-state index < -0.39 is 0 Å². The van der Waals surface area contributed by atoms with Gasteiger partial charge in [-0.1, -0.05) is 12.1 Å². The summed E-state index contributed by atoms with van der Waals surface area (Å²) in [5.41, 5.74) is 0. The predicted molar refractivity (Wildman–Crippen MR) is 81.0 cm³/mol. The Bertz CT molecular complexity index is 402. The van der Waals surface area contributed by atoms with Crippen LogP contribution in [0.25, 0.3) is 0 Å². The molecule has 0 radical (unpaired) electrons. The van der Waals surface area contributed by atoms with Crippen molar-refractivity contribution in [2.45, 2.75) is 45.6 Å². The van der Waals surface area contributed by atoms with E-state index in [1.165, 1.54) is 12.8 Å². The summed E-state index contributed by atoms with van der Waals surface area (Å²) < 4.78 is 5.31. The molecule has 6 heteroatoms. The second kappa shape index (κ2) is 8.46. The zero-order chi connectivity index (χ0) is 15.1. The van der Waals surface area contributed by atoms with Gasteiger partial charge >= 0.3 is 0 Å². The van der Waals surface area contributed by atoms with Gasteiger partial charge in [-0.25, -0.2) is 0 Å². The Morgan fingerprint density at radius 3 is 2.86 bits per heavy atom. The number of nitrogens with one attached hydrogen (secondary N) is 1. The molecule has 2 heterocycles. The van der Waals surface area contributed by atoms with Crippen LogP contribution in [0.3, 0.4) is 0 Å². The van der Waals surface area contributed by atoms with Crippen LogP contribution in [0, 0.1) is 5.92 Å². The summed E-state index contributed by atoms with van der Waals surface area (Å²) in [5, 5.41) is 16.5. The normalized spacial score (nSPS) is 19.0. The highest BCUT2D eigenvalue weighted by Gasteiger charge is 2.20. The van der Waals surface area contributed by atoms with Crippen LogP contribution in [0.1, 0.15) is 50.9 Å². The van der Waals surface area contributed by atoms with Crippen LogP contribution < -0.4 is 5.32 Å². The number of rotatable bonds is 8. The molecule has 6 nitrogen and oxygen atoms in total. The van der Waals surface area contributed by atoms with Gasteiger partial charge in [-0.15, -0.1) is 0 Å². The zero-order valence-corrected chi connectivity index (χ0v) is 13.2. The molecule has 1 saturated heterocycles. The van der Waals surface area contributed by atoms with Gasteiger partial charge in [0.2, 0.25) is 5.89 Å². The molecule has 21 heavy (non-hydrogen) atoms. The Morgan fingerprint density at radius 2 is 2.19 bits per heavy atom. The average molecular weight is 296 g/mol. The topological polar surface area (TPSA) is 74.4 Å². The van der Waals surface area contributed by atoms with Crippen molar-refractivity contribution in [2.24, 2.45) is 5.92 Å². The van der Waals surface area contributed by atoms with Gasteiger partial charge in [0.15, 0.2) is 5.82 Å². The predicted octanol–water partition coefficient (Wildman–Crippen LogP) is 1.38. The third-order valence-corrected chi connectivity index (χ3v) is 4.16. The lowest BCUT2D eigenvalue weighted by Crippen LogP contribution is -2.39. The van der Waals surface area contributed by atoms with Gasteiger partial charge < -0.3 is 19.8 Å². The van der Waals surface area contributed by atoms with Gasteiger partial charge in [0.1, 0.15) is 0 Å². The number of β-amino-alcohol motifs (C(OH)–C–C–N with tert-alkyl or cyclic N) is 1.